The van der Waals surface area contributed by atoms with E-state index in [1.54, 1.807) is 23.8 Å². The molecular formula is C16H23N3O3. The van der Waals surface area contributed by atoms with Gasteiger partial charge in [0, 0.05) is 26.7 Å². The number of rotatable bonds is 5. The second kappa shape index (κ2) is 6.46. The quantitative estimate of drug-likeness (QED) is 0.799. The van der Waals surface area contributed by atoms with E-state index in [2.05, 4.69) is 0 Å². The van der Waals surface area contributed by atoms with Crippen LogP contribution in [0.1, 0.15) is 18.9 Å². The summed E-state index contributed by atoms with van der Waals surface area (Å²) >= 11 is 0. The monoisotopic (exact) mass is 305 g/mol. The molecule has 0 saturated carbocycles. The molecule has 1 fully saturated rings. The predicted octanol–water partition coefficient (Wildman–Crippen LogP) is -0.0444. The Kier molecular flexibility index (Phi) is 4.83. The minimum Gasteiger partial charge on any atom is -0.379 e. The Labute approximate surface area is 130 Å². The molecule has 0 aliphatic carbocycles. The van der Waals surface area contributed by atoms with Crippen molar-refractivity contribution in [1.29, 1.82) is 0 Å². The molecule has 2 unspecified atom stereocenters. The lowest BCUT2D eigenvalue weighted by Crippen LogP contribution is -2.50. The highest BCUT2D eigenvalue weighted by atomic mass is 16.3. The van der Waals surface area contributed by atoms with Crippen LogP contribution in [0, 0.1) is 0 Å². The minimum absolute atomic E-state index is 0.0439. The van der Waals surface area contributed by atoms with Crippen molar-refractivity contribution in [1.82, 2.24) is 9.80 Å². The third kappa shape index (κ3) is 3.45. The molecular weight excluding hydrogens is 282 g/mol. The summed E-state index contributed by atoms with van der Waals surface area (Å²) in [5, 5.41) is 10.1. The van der Waals surface area contributed by atoms with Crippen molar-refractivity contribution >= 4 is 11.8 Å². The number of primary amides is 1. The van der Waals surface area contributed by atoms with Gasteiger partial charge in [-0.2, -0.15) is 0 Å². The molecule has 0 spiro atoms. The fraction of sp³-hybridized carbons (Fsp3) is 0.500. The average Bonchev–Trinajstić information content (AvgIpc) is 2.90. The first kappa shape index (κ1) is 16.5. The molecule has 2 amide bonds. The number of carbonyl (C=O) groups is 2. The van der Waals surface area contributed by atoms with Crippen LogP contribution in [0.5, 0.6) is 0 Å². The number of hydrogen-bond donors (Lipinski definition) is 2. The van der Waals surface area contributed by atoms with Crippen molar-refractivity contribution in [3.63, 3.8) is 0 Å². The maximum Gasteiger partial charge on any atom is 0.250 e. The molecule has 1 heterocycles. The molecule has 1 aromatic carbocycles. The van der Waals surface area contributed by atoms with E-state index in [-0.39, 0.29) is 18.9 Å². The van der Waals surface area contributed by atoms with Crippen LogP contribution in [-0.2, 0) is 16.1 Å². The largest absolute Gasteiger partial charge is 0.379 e. The van der Waals surface area contributed by atoms with Crippen LogP contribution in [0.4, 0.5) is 0 Å². The first-order valence-corrected chi connectivity index (χ1v) is 7.39. The van der Waals surface area contributed by atoms with Gasteiger partial charge in [-0.05, 0) is 18.9 Å². The molecule has 1 saturated heterocycles. The second-order valence-corrected chi connectivity index (χ2v) is 5.97. The number of benzene rings is 1. The number of carbonyl (C=O) groups excluding carboxylic acids is 2. The van der Waals surface area contributed by atoms with Gasteiger partial charge in [0.1, 0.15) is 0 Å². The number of likely N-dealkylation sites (tertiary alicyclic amines) is 1. The van der Waals surface area contributed by atoms with Gasteiger partial charge in [0.25, 0.3) is 5.91 Å². The van der Waals surface area contributed by atoms with Gasteiger partial charge in [-0.15, -0.1) is 0 Å². The maximum absolute atomic E-state index is 12.5. The van der Waals surface area contributed by atoms with Crippen LogP contribution in [-0.4, -0.2) is 58.5 Å². The maximum atomic E-state index is 12.5. The Morgan fingerprint density at radius 1 is 1.41 bits per heavy atom. The van der Waals surface area contributed by atoms with Crippen LogP contribution in [0.25, 0.3) is 0 Å². The Balaban J connectivity index is 1.96. The molecule has 1 aliphatic rings. The summed E-state index contributed by atoms with van der Waals surface area (Å²) in [4.78, 5) is 27.2. The average molecular weight is 305 g/mol. The van der Waals surface area contributed by atoms with Gasteiger partial charge in [-0.1, -0.05) is 30.3 Å². The van der Waals surface area contributed by atoms with E-state index in [0.29, 0.717) is 13.1 Å². The Bertz CT molecular complexity index is 549. The molecule has 0 aromatic heterocycles. The number of hydrogen-bond acceptors (Lipinski definition) is 4. The summed E-state index contributed by atoms with van der Waals surface area (Å²) in [6, 6.07) is 9.34. The summed E-state index contributed by atoms with van der Waals surface area (Å²) in [5.74, 6) is -0.773. The molecule has 0 bridgehead atoms. The van der Waals surface area contributed by atoms with Crippen molar-refractivity contribution in [3.8, 4) is 0 Å². The van der Waals surface area contributed by atoms with Crippen LogP contribution >= 0.6 is 0 Å². The minimum atomic E-state index is -1.52. The molecule has 2 atom stereocenters. The van der Waals surface area contributed by atoms with Gasteiger partial charge >= 0.3 is 0 Å². The number of likely N-dealkylation sites (N-methyl/N-ethyl adjacent to an activating group) is 1. The molecule has 120 valence electrons. The van der Waals surface area contributed by atoms with E-state index < -0.39 is 17.6 Å². The third-order valence-electron chi connectivity index (χ3n) is 4.28. The molecule has 2 rings (SSSR count). The van der Waals surface area contributed by atoms with Gasteiger partial charge in [0.05, 0.1) is 6.04 Å². The summed E-state index contributed by atoms with van der Waals surface area (Å²) in [7, 11) is 1.75. The van der Waals surface area contributed by atoms with Crippen LogP contribution in [0.2, 0.25) is 0 Å². The highest BCUT2D eigenvalue weighted by molar-refractivity contribution is 5.85. The first-order chi connectivity index (χ1) is 10.3. The third-order valence-corrected chi connectivity index (χ3v) is 4.28. The molecule has 3 N–H and O–H groups in total. The van der Waals surface area contributed by atoms with Crippen LogP contribution in [0.15, 0.2) is 30.3 Å². The van der Waals surface area contributed by atoms with Crippen LogP contribution < -0.4 is 5.73 Å². The number of amides is 2. The van der Waals surface area contributed by atoms with Crippen LogP contribution in [0.3, 0.4) is 0 Å². The van der Waals surface area contributed by atoms with E-state index in [0.717, 1.165) is 5.56 Å². The van der Waals surface area contributed by atoms with E-state index in [1.165, 1.54) is 0 Å². The second-order valence-electron chi connectivity index (χ2n) is 5.97. The molecule has 0 radical (unpaired) electrons. The first-order valence-electron chi connectivity index (χ1n) is 7.39. The fourth-order valence-corrected chi connectivity index (χ4v) is 2.76. The van der Waals surface area contributed by atoms with Crippen molar-refractivity contribution < 1.29 is 14.7 Å². The molecule has 6 nitrogen and oxygen atoms in total. The highest BCUT2D eigenvalue weighted by Gasteiger charge is 2.44. The number of aliphatic hydroxyl groups is 1. The van der Waals surface area contributed by atoms with Gasteiger partial charge < -0.3 is 15.7 Å². The summed E-state index contributed by atoms with van der Waals surface area (Å²) < 4.78 is 0. The number of nitrogens with zero attached hydrogens (tertiary/aromatic N) is 2. The normalized spacial score (nSPS) is 23.2. The Morgan fingerprint density at radius 2 is 2.05 bits per heavy atom. The molecule has 1 aromatic rings. The summed E-state index contributed by atoms with van der Waals surface area (Å²) in [6.07, 6.45) is 0.266. The lowest BCUT2D eigenvalue weighted by molar-refractivity contribution is -0.138. The van der Waals surface area contributed by atoms with Gasteiger partial charge in [-0.25, -0.2) is 0 Å². The standard InChI is InChI=1S/C16H23N3O3/c1-12(19-9-8-16(22,11-19)15(17)21)14(20)18(2)10-13-6-4-3-5-7-13/h3-7,12,22H,8-11H2,1-2H3,(H2,17,21). The van der Waals surface area contributed by atoms with Crippen molar-refractivity contribution in [2.45, 2.75) is 31.5 Å². The Hall–Kier alpha value is -1.92. The smallest absolute Gasteiger partial charge is 0.250 e. The van der Waals surface area contributed by atoms with Crippen molar-refractivity contribution in [3.05, 3.63) is 35.9 Å². The fourth-order valence-electron chi connectivity index (χ4n) is 2.76. The lowest BCUT2D eigenvalue weighted by atomic mass is 10.0. The zero-order valence-electron chi connectivity index (χ0n) is 13.0. The van der Waals surface area contributed by atoms with Gasteiger partial charge in [0.15, 0.2) is 5.60 Å². The van der Waals surface area contributed by atoms with Crippen molar-refractivity contribution in [2.75, 3.05) is 20.1 Å². The van der Waals surface area contributed by atoms with E-state index >= 15 is 0 Å². The number of β-amino-alcohol motifs (C(OH)–C–C–N with tert-alkyl or cyclic N) is 1. The summed E-state index contributed by atoms with van der Waals surface area (Å²) in [6.45, 7) is 2.90. The molecule has 1 aliphatic heterocycles. The summed E-state index contributed by atoms with van der Waals surface area (Å²) in [5.41, 5.74) is 4.76. The molecule has 6 heteroatoms. The SMILES string of the molecule is CC(C(=O)N(C)Cc1ccccc1)N1CCC(O)(C(N)=O)C1. The predicted molar refractivity (Wildman–Crippen MR) is 82.7 cm³/mol. The van der Waals surface area contributed by atoms with Crippen molar-refractivity contribution in [2.24, 2.45) is 5.73 Å². The lowest BCUT2D eigenvalue weighted by Gasteiger charge is -2.28. The Morgan fingerprint density at radius 3 is 2.59 bits per heavy atom. The van der Waals surface area contributed by atoms with E-state index in [1.807, 2.05) is 30.3 Å². The van der Waals surface area contributed by atoms with Gasteiger partial charge in [-0.3, -0.25) is 14.5 Å². The van der Waals surface area contributed by atoms with E-state index in [4.69, 9.17) is 5.73 Å². The topological polar surface area (TPSA) is 86.9 Å². The van der Waals surface area contributed by atoms with E-state index in [9.17, 15) is 14.7 Å². The zero-order valence-corrected chi connectivity index (χ0v) is 13.0. The zero-order chi connectivity index (χ0) is 16.3. The number of nitrogens with two attached hydrogens (primary N) is 1. The highest BCUT2D eigenvalue weighted by Crippen LogP contribution is 2.23. The van der Waals surface area contributed by atoms with Gasteiger partial charge in [0.2, 0.25) is 5.91 Å². The molecule has 22 heavy (non-hydrogen) atoms.